The highest BCUT2D eigenvalue weighted by Gasteiger charge is 2.32. The van der Waals surface area contributed by atoms with E-state index in [0.717, 1.165) is 22.6 Å². The van der Waals surface area contributed by atoms with Gasteiger partial charge in [0.05, 0.1) is 29.5 Å². The predicted molar refractivity (Wildman–Crippen MR) is 97.6 cm³/mol. The molecule has 7 heteroatoms. The van der Waals surface area contributed by atoms with Crippen molar-refractivity contribution in [3.63, 3.8) is 0 Å². The molecule has 136 valence electrons. The number of rotatable bonds is 6. The monoisotopic (exact) mass is 363 g/mol. The minimum absolute atomic E-state index is 0.0190. The van der Waals surface area contributed by atoms with Crippen LogP contribution in [0.3, 0.4) is 0 Å². The molecule has 0 aliphatic carbocycles. The molecule has 6 nitrogen and oxygen atoms in total. The fourth-order valence-corrected chi connectivity index (χ4v) is 5.26. The van der Waals surface area contributed by atoms with Gasteiger partial charge < -0.3 is 5.11 Å². The van der Waals surface area contributed by atoms with Crippen molar-refractivity contribution in [2.24, 2.45) is 0 Å². The first-order valence-electron chi connectivity index (χ1n) is 8.56. The highest BCUT2D eigenvalue weighted by molar-refractivity contribution is 7.91. The first-order chi connectivity index (χ1) is 11.9. The van der Waals surface area contributed by atoms with Crippen LogP contribution >= 0.6 is 0 Å². The lowest BCUT2D eigenvalue weighted by molar-refractivity contribution is 0.153. The molecule has 1 fully saturated rings. The van der Waals surface area contributed by atoms with Crippen LogP contribution in [-0.4, -0.2) is 58.9 Å². The van der Waals surface area contributed by atoms with E-state index in [1.807, 2.05) is 42.8 Å². The summed E-state index contributed by atoms with van der Waals surface area (Å²) in [4.78, 5) is 2.07. The summed E-state index contributed by atoms with van der Waals surface area (Å²) in [5.41, 5.74) is 4.12. The number of aliphatic hydroxyl groups excluding tert-OH is 1. The third-order valence-electron chi connectivity index (χ3n) is 4.66. The average molecular weight is 363 g/mol. The maximum absolute atomic E-state index is 11.8. The molecule has 1 atom stereocenters. The molecule has 1 aromatic carbocycles. The number of sulfone groups is 1. The maximum Gasteiger partial charge on any atom is 0.151 e. The van der Waals surface area contributed by atoms with E-state index >= 15 is 0 Å². The van der Waals surface area contributed by atoms with E-state index in [9.17, 15) is 13.5 Å². The number of aromatic nitrogens is 2. The highest BCUT2D eigenvalue weighted by atomic mass is 32.2. The summed E-state index contributed by atoms with van der Waals surface area (Å²) in [5.74, 6) is 0.426. The van der Waals surface area contributed by atoms with Gasteiger partial charge in [0.1, 0.15) is 0 Å². The Morgan fingerprint density at radius 3 is 2.72 bits per heavy atom. The topological polar surface area (TPSA) is 75.4 Å². The molecular formula is C18H25N3O3S. The molecule has 0 saturated carbocycles. The van der Waals surface area contributed by atoms with Crippen molar-refractivity contribution in [2.75, 3.05) is 24.7 Å². The number of benzene rings is 1. The average Bonchev–Trinajstić information content (AvgIpc) is 3.08. The lowest BCUT2D eigenvalue weighted by atomic mass is 10.1. The molecule has 25 heavy (non-hydrogen) atoms. The minimum atomic E-state index is -2.94. The van der Waals surface area contributed by atoms with Gasteiger partial charge in [0.2, 0.25) is 0 Å². The summed E-state index contributed by atoms with van der Waals surface area (Å²) in [7, 11) is -2.94. The number of aliphatic hydroxyl groups is 1. The molecule has 3 rings (SSSR count). The van der Waals surface area contributed by atoms with E-state index in [1.54, 1.807) is 0 Å². The molecule has 0 amide bonds. The van der Waals surface area contributed by atoms with Crippen molar-refractivity contribution >= 4 is 9.84 Å². The Kier molecular flexibility index (Phi) is 5.27. The second-order valence-electron chi connectivity index (χ2n) is 6.76. The fraction of sp³-hybridized carbons (Fsp3) is 0.500. The van der Waals surface area contributed by atoms with Crippen molar-refractivity contribution in [1.29, 1.82) is 0 Å². The van der Waals surface area contributed by atoms with Crippen LogP contribution in [0.4, 0.5) is 0 Å². The zero-order chi connectivity index (χ0) is 18.0. The zero-order valence-corrected chi connectivity index (χ0v) is 15.5. The van der Waals surface area contributed by atoms with E-state index in [-0.39, 0.29) is 24.2 Å². The van der Waals surface area contributed by atoms with Crippen molar-refractivity contribution in [3.8, 4) is 5.69 Å². The third-order valence-corrected chi connectivity index (χ3v) is 6.41. The Morgan fingerprint density at radius 2 is 2.12 bits per heavy atom. The molecular weight excluding hydrogens is 338 g/mol. The number of aryl methyl sites for hydroxylation is 2. The second kappa shape index (κ2) is 7.27. The molecule has 1 aliphatic rings. The summed E-state index contributed by atoms with van der Waals surface area (Å²) in [5, 5.41) is 13.9. The third kappa shape index (κ3) is 4.29. The normalized spacial score (nSPS) is 19.6. The van der Waals surface area contributed by atoms with Crippen LogP contribution in [0.15, 0.2) is 30.3 Å². The van der Waals surface area contributed by atoms with E-state index in [4.69, 9.17) is 0 Å². The number of nitrogens with zero attached hydrogens (tertiary/aromatic N) is 3. The van der Waals surface area contributed by atoms with E-state index in [0.29, 0.717) is 19.5 Å². The van der Waals surface area contributed by atoms with E-state index < -0.39 is 9.84 Å². The smallest absolute Gasteiger partial charge is 0.151 e. The summed E-state index contributed by atoms with van der Waals surface area (Å²) in [6, 6.07) is 10.1. The van der Waals surface area contributed by atoms with E-state index in [1.165, 1.54) is 0 Å². The van der Waals surface area contributed by atoms with Crippen molar-refractivity contribution < 1.29 is 13.5 Å². The molecule has 0 radical (unpaired) electrons. The molecule has 1 aromatic heterocycles. The van der Waals surface area contributed by atoms with Crippen molar-refractivity contribution in [1.82, 2.24) is 14.7 Å². The van der Waals surface area contributed by atoms with Crippen molar-refractivity contribution in [3.05, 3.63) is 47.3 Å². The van der Waals surface area contributed by atoms with Crippen LogP contribution in [0.25, 0.3) is 5.69 Å². The van der Waals surface area contributed by atoms with Crippen LogP contribution in [0.5, 0.6) is 0 Å². The summed E-state index contributed by atoms with van der Waals surface area (Å²) >= 11 is 0. The lowest BCUT2D eigenvalue weighted by Crippen LogP contribution is -2.37. The van der Waals surface area contributed by atoms with Gasteiger partial charge in [-0.15, -0.1) is 0 Å². The van der Waals surface area contributed by atoms with Gasteiger partial charge in [-0.25, -0.2) is 13.1 Å². The van der Waals surface area contributed by atoms with Gasteiger partial charge in [-0.3, -0.25) is 4.90 Å². The first kappa shape index (κ1) is 18.1. The maximum atomic E-state index is 11.8. The molecule has 0 spiro atoms. The fourth-order valence-electron chi connectivity index (χ4n) is 3.49. The van der Waals surface area contributed by atoms with Crippen LogP contribution in [-0.2, 0) is 16.4 Å². The molecule has 0 unspecified atom stereocenters. The Hall–Kier alpha value is -1.70. The molecule has 1 N–H and O–H groups in total. The zero-order valence-electron chi connectivity index (χ0n) is 14.7. The molecule has 1 aliphatic heterocycles. The SMILES string of the molecule is Cc1cc(C)n(-c2cccc(CN(CCO)[C@H]3CCS(=O)(=O)C3)c2)n1. The summed E-state index contributed by atoms with van der Waals surface area (Å²) < 4.78 is 25.5. The van der Waals surface area contributed by atoms with Crippen LogP contribution in [0.1, 0.15) is 23.4 Å². The van der Waals surface area contributed by atoms with E-state index in [2.05, 4.69) is 16.1 Å². The van der Waals surface area contributed by atoms with Gasteiger partial charge >= 0.3 is 0 Å². The largest absolute Gasteiger partial charge is 0.395 e. The molecule has 0 bridgehead atoms. The van der Waals surface area contributed by atoms with Gasteiger partial charge in [0.25, 0.3) is 0 Å². The first-order valence-corrected chi connectivity index (χ1v) is 10.4. The van der Waals surface area contributed by atoms with Crippen LogP contribution in [0.2, 0.25) is 0 Å². The number of hydrogen-bond acceptors (Lipinski definition) is 5. The summed E-state index contributed by atoms with van der Waals surface area (Å²) in [6.45, 7) is 5.11. The lowest BCUT2D eigenvalue weighted by Gasteiger charge is -2.27. The highest BCUT2D eigenvalue weighted by Crippen LogP contribution is 2.21. The Balaban J connectivity index is 1.81. The Morgan fingerprint density at radius 1 is 1.32 bits per heavy atom. The molecule has 1 saturated heterocycles. The predicted octanol–water partition coefficient (Wildman–Crippen LogP) is 1.47. The Labute approximate surface area is 149 Å². The van der Waals surface area contributed by atoms with Gasteiger partial charge in [-0.1, -0.05) is 12.1 Å². The minimum Gasteiger partial charge on any atom is -0.395 e. The second-order valence-corrected chi connectivity index (χ2v) is 8.99. The Bertz CT molecular complexity index is 845. The summed E-state index contributed by atoms with van der Waals surface area (Å²) in [6.07, 6.45) is 0.638. The van der Waals surface area contributed by atoms with Crippen LogP contribution in [0, 0.1) is 13.8 Å². The number of hydrogen-bond donors (Lipinski definition) is 1. The van der Waals surface area contributed by atoms with Gasteiger partial charge in [0.15, 0.2) is 9.84 Å². The van der Waals surface area contributed by atoms with Gasteiger partial charge in [0, 0.05) is 24.8 Å². The van der Waals surface area contributed by atoms with Crippen LogP contribution < -0.4 is 0 Å². The molecule has 2 aromatic rings. The standard InChI is InChI=1S/C18H25N3O3S/c1-14-10-15(2)21(19-14)17-5-3-4-16(11-17)12-20(7-8-22)18-6-9-25(23,24)13-18/h3-5,10-11,18,22H,6-9,12-13H2,1-2H3/t18-/m0/s1. The van der Waals surface area contributed by atoms with Gasteiger partial charge in [-0.2, -0.15) is 5.10 Å². The molecule has 2 heterocycles. The quantitative estimate of drug-likeness (QED) is 0.841. The van der Waals surface area contributed by atoms with Crippen molar-refractivity contribution in [2.45, 2.75) is 32.9 Å². The van der Waals surface area contributed by atoms with Gasteiger partial charge in [-0.05, 0) is 44.0 Å².